The molecule has 1 amide bonds. The first-order valence-electron chi connectivity index (χ1n) is 13.4. The maximum absolute atomic E-state index is 12.8. The van der Waals surface area contributed by atoms with Crippen LogP contribution < -0.4 is 5.32 Å². The zero-order chi connectivity index (χ0) is 26.2. The molecule has 192 valence electrons. The number of para-hydroxylation sites is 1. The van der Waals surface area contributed by atoms with E-state index in [-0.39, 0.29) is 11.8 Å². The van der Waals surface area contributed by atoms with Gasteiger partial charge in [-0.3, -0.25) is 19.9 Å². The molecule has 0 atom stereocenters. The SMILES string of the molecule is O=C(Nc1cncc(-c2ccc3[nH]nc(-c4nc5c(-c6ccccn6)cccc5[nH]4)c3c2)c1)C1CCCCC1. The molecule has 2 aromatic carbocycles. The van der Waals surface area contributed by atoms with Crippen molar-refractivity contribution in [1.29, 1.82) is 0 Å². The number of benzene rings is 2. The Hall–Kier alpha value is -4.85. The van der Waals surface area contributed by atoms with Crippen molar-refractivity contribution in [3.63, 3.8) is 0 Å². The van der Waals surface area contributed by atoms with Crippen molar-refractivity contribution in [3.05, 3.63) is 79.3 Å². The minimum Gasteiger partial charge on any atom is -0.337 e. The second-order valence-corrected chi connectivity index (χ2v) is 10.1. The van der Waals surface area contributed by atoms with Crippen LogP contribution in [-0.4, -0.2) is 36.0 Å². The Morgan fingerprint density at radius 1 is 0.897 bits per heavy atom. The van der Waals surface area contributed by atoms with Gasteiger partial charge in [0.15, 0.2) is 5.82 Å². The fraction of sp³-hybridized carbons (Fsp3) is 0.194. The molecule has 0 aliphatic heterocycles. The molecule has 3 N–H and O–H groups in total. The molecule has 0 saturated heterocycles. The van der Waals surface area contributed by atoms with Crippen LogP contribution in [0.1, 0.15) is 32.1 Å². The summed E-state index contributed by atoms with van der Waals surface area (Å²) in [5, 5.41) is 11.8. The first-order chi connectivity index (χ1) is 19.2. The molecule has 4 aromatic heterocycles. The Kier molecular flexibility index (Phi) is 5.85. The summed E-state index contributed by atoms with van der Waals surface area (Å²) in [6, 6.07) is 20.0. The van der Waals surface area contributed by atoms with Crippen LogP contribution in [0.15, 0.2) is 79.3 Å². The second kappa shape index (κ2) is 9.79. The van der Waals surface area contributed by atoms with Gasteiger partial charge in [-0.15, -0.1) is 0 Å². The number of H-pyrrole nitrogens is 2. The molecule has 1 saturated carbocycles. The zero-order valence-corrected chi connectivity index (χ0v) is 21.3. The smallest absolute Gasteiger partial charge is 0.227 e. The van der Waals surface area contributed by atoms with Crippen molar-refractivity contribution in [2.45, 2.75) is 32.1 Å². The van der Waals surface area contributed by atoms with Crippen LogP contribution in [-0.2, 0) is 4.79 Å². The van der Waals surface area contributed by atoms with Crippen molar-refractivity contribution >= 4 is 33.5 Å². The molecule has 4 heterocycles. The topological polar surface area (TPSA) is 112 Å². The quantitative estimate of drug-likeness (QED) is 0.236. The van der Waals surface area contributed by atoms with Gasteiger partial charge in [-0.25, -0.2) is 4.98 Å². The lowest BCUT2D eigenvalue weighted by molar-refractivity contribution is -0.120. The normalized spacial score (nSPS) is 14.2. The second-order valence-electron chi connectivity index (χ2n) is 10.1. The molecule has 0 spiro atoms. The predicted octanol–water partition coefficient (Wildman–Crippen LogP) is 6.75. The third-order valence-electron chi connectivity index (χ3n) is 7.56. The fourth-order valence-electron chi connectivity index (χ4n) is 5.52. The third-order valence-corrected chi connectivity index (χ3v) is 7.56. The number of nitrogens with one attached hydrogen (secondary N) is 3. The van der Waals surface area contributed by atoms with E-state index in [9.17, 15) is 4.79 Å². The summed E-state index contributed by atoms with van der Waals surface area (Å²) in [7, 11) is 0. The van der Waals surface area contributed by atoms with Gasteiger partial charge in [0.2, 0.25) is 5.91 Å². The number of amides is 1. The van der Waals surface area contributed by atoms with Crippen LogP contribution >= 0.6 is 0 Å². The number of carbonyl (C=O) groups excluding carboxylic acids is 1. The van der Waals surface area contributed by atoms with Crippen LogP contribution in [0.5, 0.6) is 0 Å². The molecule has 39 heavy (non-hydrogen) atoms. The lowest BCUT2D eigenvalue weighted by Crippen LogP contribution is -2.24. The first kappa shape index (κ1) is 23.3. The highest BCUT2D eigenvalue weighted by Gasteiger charge is 2.21. The summed E-state index contributed by atoms with van der Waals surface area (Å²) in [5.41, 5.74) is 7.89. The summed E-state index contributed by atoms with van der Waals surface area (Å²) in [5.74, 6) is 0.869. The monoisotopic (exact) mass is 513 g/mol. The summed E-state index contributed by atoms with van der Waals surface area (Å²) in [4.78, 5) is 30.1. The number of aromatic amines is 2. The Bertz CT molecular complexity index is 1800. The van der Waals surface area contributed by atoms with Crippen molar-refractivity contribution in [2.24, 2.45) is 5.92 Å². The van der Waals surface area contributed by atoms with Gasteiger partial charge < -0.3 is 10.3 Å². The number of hydrogen-bond acceptors (Lipinski definition) is 5. The number of carbonyl (C=O) groups is 1. The van der Waals surface area contributed by atoms with E-state index in [1.54, 1.807) is 12.4 Å². The average molecular weight is 514 g/mol. The predicted molar refractivity (Wildman–Crippen MR) is 153 cm³/mol. The minimum atomic E-state index is 0.0919. The molecule has 8 heteroatoms. The molecular weight excluding hydrogens is 486 g/mol. The van der Waals surface area contributed by atoms with Crippen molar-refractivity contribution < 1.29 is 4.79 Å². The number of imidazole rings is 1. The number of pyridine rings is 2. The van der Waals surface area contributed by atoms with E-state index in [0.717, 1.165) is 81.4 Å². The molecule has 0 radical (unpaired) electrons. The molecule has 0 unspecified atom stereocenters. The Morgan fingerprint density at radius 3 is 2.69 bits per heavy atom. The van der Waals surface area contributed by atoms with Crippen LogP contribution in [0, 0.1) is 5.92 Å². The molecule has 8 nitrogen and oxygen atoms in total. The summed E-state index contributed by atoms with van der Waals surface area (Å²) in [6.45, 7) is 0. The Labute approximate surface area is 224 Å². The Balaban J connectivity index is 1.23. The van der Waals surface area contributed by atoms with Crippen LogP contribution in [0.4, 0.5) is 5.69 Å². The van der Waals surface area contributed by atoms with Gasteiger partial charge in [0.25, 0.3) is 0 Å². The van der Waals surface area contributed by atoms with Crippen molar-refractivity contribution in [1.82, 2.24) is 30.1 Å². The van der Waals surface area contributed by atoms with Gasteiger partial charge in [0.05, 0.1) is 34.1 Å². The number of anilines is 1. The van der Waals surface area contributed by atoms with E-state index in [1.807, 2.05) is 60.8 Å². The third kappa shape index (κ3) is 4.44. The number of hydrogen-bond donors (Lipinski definition) is 3. The van der Waals surface area contributed by atoms with Crippen LogP contribution in [0.25, 0.3) is 55.8 Å². The maximum Gasteiger partial charge on any atom is 0.227 e. The number of fused-ring (bicyclic) bond motifs is 2. The molecule has 7 rings (SSSR count). The molecule has 6 aromatic rings. The van der Waals surface area contributed by atoms with Gasteiger partial charge in [-0.2, -0.15) is 5.10 Å². The lowest BCUT2D eigenvalue weighted by Gasteiger charge is -2.20. The fourth-order valence-corrected chi connectivity index (χ4v) is 5.52. The minimum absolute atomic E-state index is 0.0919. The first-order valence-corrected chi connectivity index (χ1v) is 13.4. The zero-order valence-electron chi connectivity index (χ0n) is 21.3. The van der Waals surface area contributed by atoms with Crippen molar-refractivity contribution in [2.75, 3.05) is 5.32 Å². The average Bonchev–Trinajstić information content (AvgIpc) is 3.62. The van der Waals surface area contributed by atoms with Gasteiger partial charge in [-0.05, 0) is 54.8 Å². The molecule has 1 aliphatic carbocycles. The maximum atomic E-state index is 12.8. The lowest BCUT2D eigenvalue weighted by atomic mass is 9.88. The number of nitrogens with zero attached hydrogens (tertiary/aromatic N) is 4. The van der Waals surface area contributed by atoms with Crippen molar-refractivity contribution in [3.8, 4) is 33.9 Å². The number of rotatable bonds is 5. The summed E-state index contributed by atoms with van der Waals surface area (Å²) in [6.07, 6.45) is 10.7. The standard InChI is InChI=1S/C31H27N7O/c39-31(19-7-2-1-3-8-19)34-22-15-21(17-32-18-22)20-12-13-26-24(16-20)29(38-37-26)30-35-27-11-6-9-23(28(27)36-30)25-10-4-5-14-33-25/h4-6,9-19H,1-3,7-8H2,(H,34,39)(H,35,36)(H,37,38). The Morgan fingerprint density at radius 2 is 1.82 bits per heavy atom. The van der Waals surface area contributed by atoms with Crippen LogP contribution in [0.3, 0.4) is 0 Å². The van der Waals surface area contributed by atoms with E-state index in [4.69, 9.17) is 4.98 Å². The van der Waals surface area contributed by atoms with Gasteiger partial charge in [-0.1, -0.05) is 43.5 Å². The molecule has 0 bridgehead atoms. The van der Waals surface area contributed by atoms with Crippen LogP contribution in [0.2, 0.25) is 0 Å². The van der Waals surface area contributed by atoms with E-state index in [1.165, 1.54) is 6.42 Å². The van der Waals surface area contributed by atoms with E-state index in [0.29, 0.717) is 5.82 Å². The highest BCUT2D eigenvalue weighted by Crippen LogP contribution is 2.33. The van der Waals surface area contributed by atoms with Gasteiger partial charge in [0.1, 0.15) is 5.69 Å². The molecular formula is C31H27N7O. The highest BCUT2D eigenvalue weighted by atomic mass is 16.1. The summed E-state index contributed by atoms with van der Waals surface area (Å²) < 4.78 is 0. The summed E-state index contributed by atoms with van der Waals surface area (Å²) >= 11 is 0. The van der Waals surface area contributed by atoms with E-state index >= 15 is 0 Å². The largest absolute Gasteiger partial charge is 0.337 e. The van der Waals surface area contributed by atoms with Gasteiger partial charge >= 0.3 is 0 Å². The molecule has 1 aliphatic rings. The highest BCUT2D eigenvalue weighted by molar-refractivity contribution is 5.98. The van der Waals surface area contributed by atoms with E-state index in [2.05, 4.69) is 36.5 Å². The molecule has 1 fully saturated rings. The van der Waals surface area contributed by atoms with E-state index < -0.39 is 0 Å². The van der Waals surface area contributed by atoms with Gasteiger partial charge in [0, 0.05) is 34.8 Å². The number of aromatic nitrogens is 6.